The number of piperidine rings is 1. The van der Waals surface area contributed by atoms with E-state index in [2.05, 4.69) is 20.3 Å². The fraction of sp³-hybridized carbons (Fsp3) is 0.318. The second-order valence-corrected chi connectivity index (χ2v) is 8.31. The highest BCUT2D eigenvalue weighted by atomic mass is 35.5. The maximum absolute atomic E-state index is 13.6. The van der Waals surface area contributed by atoms with Crippen LogP contribution in [-0.4, -0.2) is 45.7 Å². The summed E-state index contributed by atoms with van der Waals surface area (Å²) in [5, 5.41) is 4.86. The molecule has 2 aromatic heterocycles. The van der Waals surface area contributed by atoms with E-state index in [4.69, 9.17) is 11.6 Å². The number of aromatic amines is 2. The third-order valence-corrected chi connectivity index (χ3v) is 6.26. The molecule has 1 fully saturated rings. The molecule has 9 heteroatoms. The van der Waals surface area contributed by atoms with Gasteiger partial charge in [-0.3, -0.25) is 4.90 Å². The van der Waals surface area contributed by atoms with Gasteiger partial charge < -0.3 is 15.3 Å². The Morgan fingerprint density at radius 1 is 1.06 bits per heavy atom. The number of fused-ring (bicyclic) bond motifs is 2. The van der Waals surface area contributed by atoms with Crippen molar-refractivity contribution in [3.63, 3.8) is 0 Å². The lowest BCUT2D eigenvalue weighted by atomic mass is 9.89. The Morgan fingerprint density at radius 2 is 1.87 bits per heavy atom. The molecule has 1 saturated heterocycles. The molecule has 0 bridgehead atoms. The summed E-state index contributed by atoms with van der Waals surface area (Å²) < 4.78 is 38.8. The quantitative estimate of drug-likeness (QED) is 0.320. The van der Waals surface area contributed by atoms with E-state index < -0.39 is 12.7 Å². The van der Waals surface area contributed by atoms with Crippen LogP contribution in [0.4, 0.5) is 24.8 Å². The molecule has 0 radical (unpaired) electrons. The number of hydrogen-bond donors (Lipinski definition) is 3. The monoisotopic (exact) mass is 447 g/mol. The Kier molecular flexibility index (Phi) is 5.27. The number of nitrogens with zero attached hydrogens (tertiary/aromatic N) is 2. The van der Waals surface area contributed by atoms with E-state index in [-0.39, 0.29) is 5.92 Å². The van der Waals surface area contributed by atoms with Gasteiger partial charge in [0.2, 0.25) is 12.2 Å². The van der Waals surface area contributed by atoms with Gasteiger partial charge in [-0.2, -0.15) is 0 Å². The fourth-order valence-corrected chi connectivity index (χ4v) is 4.59. The van der Waals surface area contributed by atoms with Gasteiger partial charge >= 0.3 is 0 Å². The molecule has 3 heterocycles. The van der Waals surface area contributed by atoms with Gasteiger partial charge in [-0.05, 0) is 54.7 Å². The SMILES string of the molecule is FC(F)C(F)N1CCC(c2ccc3[nH]c(Nc4cc(Cl)c5cc[nH]c5c4)nc3c2)CC1. The molecule has 1 atom stereocenters. The number of anilines is 2. The van der Waals surface area contributed by atoms with Crippen LogP contribution < -0.4 is 5.32 Å². The number of hydrogen-bond acceptors (Lipinski definition) is 3. The average Bonchev–Trinajstić information content (AvgIpc) is 3.39. The minimum absolute atomic E-state index is 0.202. The number of benzene rings is 2. The van der Waals surface area contributed by atoms with E-state index in [9.17, 15) is 13.2 Å². The second kappa shape index (κ2) is 8.09. The Hall–Kier alpha value is -2.71. The first kappa shape index (κ1) is 20.2. The molecule has 0 spiro atoms. The predicted octanol–water partition coefficient (Wildman–Crippen LogP) is 6.18. The van der Waals surface area contributed by atoms with Crippen LogP contribution in [0.2, 0.25) is 5.02 Å². The van der Waals surface area contributed by atoms with Gasteiger partial charge in [0.15, 0.2) is 0 Å². The van der Waals surface area contributed by atoms with E-state index in [0.29, 0.717) is 36.9 Å². The molecule has 162 valence electrons. The molecule has 3 N–H and O–H groups in total. The third-order valence-electron chi connectivity index (χ3n) is 5.95. The van der Waals surface area contributed by atoms with Crippen LogP contribution in [-0.2, 0) is 0 Å². The van der Waals surface area contributed by atoms with Crippen LogP contribution in [0.1, 0.15) is 24.3 Å². The number of H-pyrrole nitrogens is 2. The minimum Gasteiger partial charge on any atom is -0.361 e. The lowest BCUT2D eigenvalue weighted by Crippen LogP contribution is -2.42. The van der Waals surface area contributed by atoms with Gasteiger partial charge in [0.25, 0.3) is 6.43 Å². The van der Waals surface area contributed by atoms with Crippen molar-refractivity contribution in [2.75, 3.05) is 18.4 Å². The molecule has 0 aliphatic carbocycles. The zero-order chi connectivity index (χ0) is 21.5. The van der Waals surface area contributed by atoms with Crippen molar-refractivity contribution in [2.45, 2.75) is 31.5 Å². The molecule has 0 amide bonds. The summed E-state index contributed by atoms with van der Waals surface area (Å²) in [6.07, 6.45) is -2.02. The molecule has 1 aliphatic heterocycles. The van der Waals surface area contributed by atoms with Crippen molar-refractivity contribution in [1.82, 2.24) is 19.9 Å². The van der Waals surface area contributed by atoms with Crippen LogP contribution in [0, 0.1) is 0 Å². The standard InChI is InChI=1S/C22H21ClF3N5/c23-16-10-14(11-18-15(16)3-6-27-18)28-22-29-17-2-1-13(9-19(17)30-22)12-4-7-31(8-5-12)21(26)20(24)25/h1-3,6,9-12,20-21,27H,4-5,7-8H2,(H2,28,29,30). The summed E-state index contributed by atoms with van der Waals surface area (Å²) in [5.41, 5.74) is 4.53. The summed E-state index contributed by atoms with van der Waals surface area (Å²) in [7, 11) is 0. The van der Waals surface area contributed by atoms with Crippen LogP contribution in [0.3, 0.4) is 0 Å². The molecule has 0 saturated carbocycles. The first-order chi connectivity index (χ1) is 15.0. The number of nitrogens with one attached hydrogen (secondary N) is 3. The molecular formula is C22H21ClF3N5. The molecule has 5 nitrogen and oxygen atoms in total. The number of imidazole rings is 1. The molecule has 2 aromatic carbocycles. The normalized spacial score (nSPS) is 17.1. The molecule has 1 unspecified atom stereocenters. The highest BCUT2D eigenvalue weighted by Gasteiger charge is 2.31. The predicted molar refractivity (Wildman–Crippen MR) is 117 cm³/mol. The molecule has 31 heavy (non-hydrogen) atoms. The van der Waals surface area contributed by atoms with Crippen molar-refractivity contribution >= 4 is 45.2 Å². The van der Waals surface area contributed by atoms with Crippen LogP contribution in [0.15, 0.2) is 42.6 Å². The second-order valence-electron chi connectivity index (χ2n) is 7.90. The molecule has 1 aliphatic rings. The highest BCUT2D eigenvalue weighted by molar-refractivity contribution is 6.35. The van der Waals surface area contributed by atoms with Crippen LogP contribution >= 0.6 is 11.6 Å². The van der Waals surface area contributed by atoms with Gasteiger partial charge in [0.1, 0.15) is 0 Å². The van der Waals surface area contributed by atoms with Crippen molar-refractivity contribution in [1.29, 1.82) is 0 Å². The summed E-state index contributed by atoms with van der Waals surface area (Å²) in [4.78, 5) is 12.3. The minimum atomic E-state index is -2.96. The van der Waals surface area contributed by atoms with E-state index >= 15 is 0 Å². The number of aromatic nitrogens is 3. The first-order valence-electron chi connectivity index (χ1n) is 10.2. The third kappa shape index (κ3) is 3.97. The molecule has 4 aromatic rings. The average molecular weight is 448 g/mol. The Bertz CT molecular complexity index is 1210. The smallest absolute Gasteiger partial charge is 0.282 e. The number of halogens is 4. The largest absolute Gasteiger partial charge is 0.361 e. The lowest BCUT2D eigenvalue weighted by molar-refractivity contribution is -0.0575. The lowest BCUT2D eigenvalue weighted by Gasteiger charge is -2.33. The summed E-state index contributed by atoms with van der Waals surface area (Å²) in [6.45, 7) is 0.646. The van der Waals surface area contributed by atoms with Crippen LogP contribution in [0.25, 0.3) is 21.9 Å². The van der Waals surface area contributed by atoms with E-state index in [1.165, 1.54) is 4.90 Å². The van der Waals surface area contributed by atoms with Crippen LogP contribution in [0.5, 0.6) is 0 Å². The van der Waals surface area contributed by atoms with E-state index in [1.807, 2.05) is 42.6 Å². The van der Waals surface area contributed by atoms with Crippen molar-refractivity contribution in [3.8, 4) is 0 Å². The van der Waals surface area contributed by atoms with Crippen molar-refractivity contribution in [2.24, 2.45) is 0 Å². The maximum Gasteiger partial charge on any atom is 0.282 e. The van der Waals surface area contributed by atoms with Gasteiger partial charge in [0.05, 0.1) is 16.1 Å². The highest BCUT2D eigenvalue weighted by Crippen LogP contribution is 2.32. The summed E-state index contributed by atoms with van der Waals surface area (Å²) in [5.74, 6) is 0.800. The van der Waals surface area contributed by atoms with Gasteiger partial charge in [0, 0.05) is 35.9 Å². The van der Waals surface area contributed by atoms with Gasteiger partial charge in [-0.15, -0.1) is 0 Å². The van der Waals surface area contributed by atoms with E-state index in [0.717, 1.165) is 33.2 Å². The summed E-state index contributed by atoms with van der Waals surface area (Å²) >= 11 is 6.34. The molecule has 5 rings (SSSR count). The van der Waals surface area contributed by atoms with Gasteiger partial charge in [-0.25, -0.2) is 18.2 Å². The van der Waals surface area contributed by atoms with Gasteiger partial charge in [-0.1, -0.05) is 17.7 Å². The Balaban J connectivity index is 1.32. The topological polar surface area (TPSA) is 59.7 Å². The van der Waals surface area contributed by atoms with Crippen molar-refractivity contribution in [3.05, 3.63) is 53.2 Å². The Labute approximate surface area is 181 Å². The zero-order valence-corrected chi connectivity index (χ0v) is 17.3. The number of likely N-dealkylation sites (tertiary alicyclic amines) is 1. The zero-order valence-electron chi connectivity index (χ0n) is 16.5. The summed E-state index contributed by atoms with van der Waals surface area (Å²) in [6, 6.07) is 11.7. The maximum atomic E-state index is 13.6. The number of alkyl halides is 3. The molecular weight excluding hydrogens is 427 g/mol. The number of rotatable bonds is 5. The van der Waals surface area contributed by atoms with Crippen molar-refractivity contribution < 1.29 is 13.2 Å². The Morgan fingerprint density at radius 3 is 2.65 bits per heavy atom. The first-order valence-corrected chi connectivity index (χ1v) is 10.6. The fourth-order valence-electron chi connectivity index (χ4n) is 4.31. The van der Waals surface area contributed by atoms with E-state index in [1.54, 1.807) is 0 Å².